The maximum atomic E-state index is 5.87. The van der Waals surface area contributed by atoms with Crippen molar-refractivity contribution in [3.8, 4) is 5.69 Å². The van der Waals surface area contributed by atoms with E-state index in [0.29, 0.717) is 12.6 Å². The fourth-order valence-electron chi connectivity index (χ4n) is 2.61. The van der Waals surface area contributed by atoms with Gasteiger partial charge in [-0.1, -0.05) is 23.3 Å². The van der Waals surface area contributed by atoms with Crippen LogP contribution in [0.15, 0.2) is 30.3 Å². The topological polar surface area (TPSA) is 72.9 Å². The summed E-state index contributed by atoms with van der Waals surface area (Å²) in [4.78, 5) is 2.23. The molecule has 6 heteroatoms. The second-order valence-electron chi connectivity index (χ2n) is 4.80. The quantitative estimate of drug-likeness (QED) is 0.888. The maximum absolute atomic E-state index is 5.87. The molecule has 3 rings (SSSR count). The van der Waals surface area contributed by atoms with E-state index in [0.717, 1.165) is 31.0 Å². The summed E-state index contributed by atoms with van der Waals surface area (Å²) in [5.41, 5.74) is 6.84. The number of para-hydroxylation sites is 1. The summed E-state index contributed by atoms with van der Waals surface area (Å²) in [6.45, 7) is 1.61. The highest BCUT2D eigenvalue weighted by Crippen LogP contribution is 2.23. The van der Waals surface area contributed by atoms with E-state index in [4.69, 9.17) is 5.73 Å². The summed E-state index contributed by atoms with van der Waals surface area (Å²) in [6.07, 6.45) is 3.50. The number of rotatable bonds is 3. The van der Waals surface area contributed by atoms with Gasteiger partial charge in [-0.15, -0.1) is 0 Å². The second kappa shape index (κ2) is 5.36. The van der Waals surface area contributed by atoms with Crippen molar-refractivity contribution in [1.82, 2.24) is 20.2 Å². The van der Waals surface area contributed by atoms with Crippen molar-refractivity contribution >= 4 is 5.95 Å². The van der Waals surface area contributed by atoms with Gasteiger partial charge in [0.25, 0.3) is 5.95 Å². The zero-order valence-electron chi connectivity index (χ0n) is 10.8. The zero-order chi connectivity index (χ0) is 13.1. The molecule has 1 aliphatic rings. The molecule has 0 saturated carbocycles. The van der Waals surface area contributed by atoms with Crippen LogP contribution < -0.4 is 10.6 Å². The van der Waals surface area contributed by atoms with E-state index in [1.165, 1.54) is 6.42 Å². The molecular formula is C13H18N6. The number of nitrogens with zero attached hydrogens (tertiary/aromatic N) is 5. The van der Waals surface area contributed by atoms with Gasteiger partial charge in [-0.25, -0.2) is 0 Å². The van der Waals surface area contributed by atoms with Gasteiger partial charge in [-0.3, -0.25) is 0 Å². The fourth-order valence-corrected chi connectivity index (χ4v) is 2.61. The Hall–Kier alpha value is -1.95. The van der Waals surface area contributed by atoms with E-state index in [-0.39, 0.29) is 0 Å². The van der Waals surface area contributed by atoms with Crippen molar-refractivity contribution in [2.45, 2.75) is 25.3 Å². The van der Waals surface area contributed by atoms with Crippen LogP contribution in [0.25, 0.3) is 5.69 Å². The highest BCUT2D eigenvalue weighted by Gasteiger charge is 2.26. The van der Waals surface area contributed by atoms with Crippen LogP contribution in [-0.4, -0.2) is 39.3 Å². The summed E-state index contributed by atoms with van der Waals surface area (Å²) < 4.78 is 1.79. The van der Waals surface area contributed by atoms with Crippen LogP contribution in [0.4, 0.5) is 5.95 Å². The Morgan fingerprint density at radius 2 is 2.05 bits per heavy atom. The Kier molecular flexibility index (Phi) is 3.41. The second-order valence-corrected chi connectivity index (χ2v) is 4.80. The van der Waals surface area contributed by atoms with Gasteiger partial charge in [0.05, 0.1) is 5.69 Å². The number of tetrazole rings is 1. The third-order valence-electron chi connectivity index (χ3n) is 3.61. The van der Waals surface area contributed by atoms with Crippen molar-refractivity contribution in [3.05, 3.63) is 30.3 Å². The third kappa shape index (κ3) is 2.31. The minimum absolute atomic E-state index is 0.335. The highest BCUT2D eigenvalue weighted by molar-refractivity contribution is 5.41. The van der Waals surface area contributed by atoms with Gasteiger partial charge in [0, 0.05) is 19.1 Å². The Labute approximate surface area is 112 Å². The number of nitrogens with two attached hydrogens (primary N) is 1. The molecule has 1 fully saturated rings. The lowest BCUT2D eigenvalue weighted by atomic mass is 10.0. The molecule has 2 aromatic rings. The van der Waals surface area contributed by atoms with Crippen molar-refractivity contribution < 1.29 is 0 Å². The molecule has 100 valence electrons. The van der Waals surface area contributed by atoms with Crippen molar-refractivity contribution in [1.29, 1.82) is 0 Å². The van der Waals surface area contributed by atoms with Crippen LogP contribution in [0.5, 0.6) is 0 Å². The van der Waals surface area contributed by atoms with Crippen LogP contribution in [0.3, 0.4) is 0 Å². The Balaban J connectivity index is 1.95. The van der Waals surface area contributed by atoms with Gasteiger partial charge in [0.2, 0.25) is 0 Å². The van der Waals surface area contributed by atoms with Gasteiger partial charge >= 0.3 is 0 Å². The smallest absolute Gasteiger partial charge is 0.250 e. The lowest BCUT2D eigenvalue weighted by molar-refractivity contribution is 0.455. The number of hydrogen-bond acceptors (Lipinski definition) is 5. The van der Waals surface area contributed by atoms with Crippen molar-refractivity contribution in [3.63, 3.8) is 0 Å². The first-order valence-electron chi connectivity index (χ1n) is 6.70. The van der Waals surface area contributed by atoms with Crippen LogP contribution in [0.1, 0.15) is 19.3 Å². The standard InChI is InChI=1S/C13H18N6/c14-10-12-8-4-5-9-18(12)13-15-16-17-19(13)11-6-2-1-3-7-11/h1-3,6-7,12H,4-5,8-10,14H2. The Bertz CT molecular complexity index is 523. The summed E-state index contributed by atoms with van der Waals surface area (Å²) in [6, 6.07) is 10.3. The molecule has 1 saturated heterocycles. The molecule has 1 atom stereocenters. The monoisotopic (exact) mass is 258 g/mol. The summed E-state index contributed by atoms with van der Waals surface area (Å²) in [5, 5.41) is 12.1. The molecule has 2 N–H and O–H groups in total. The summed E-state index contributed by atoms with van der Waals surface area (Å²) in [5.74, 6) is 0.793. The summed E-state index contributed by atoms with van der Waals surface area (Å²) >= 11 is 0. The molecule has 1 aliphatic heterocycles. The number of hydrogen-bond donors (Lipinski definition) is 1. The van der Waals surface area contributed by atoms with E-state index >= 15 is 0 Å². The lowest BCUT2D eigenvalue weighted by Gasteiger charge is -2.35. The van der Waals surface area contributed by atoms with E-state index in [1.54, 1.807) is 4.68 Å². The molecule has 6 nitrogen and oxygen atoms in total. The van der Waals surface area contributed by atoms with E-state index < -0.39 is 0 Å². The van der Waals surface area contributed by atoms with E-state index in [1.807, 2.05) is 30.3 Å². The highest BCUT2D eigenvalue weighted by atomic mass is 15.6. The minimum Gasteiger partial charge on any atom is -0.335 e. The summed E-state index contributed by atoms with van der Waals surface area (Å²) in [7, 11) is 0. The molecule has 1 unspecified atom stereocenters. The fraction of sp³-hybridized carbons (Fsp3) is 0.462. The first kappa shape index (κ1) is 12.1. The number of aromatic nitrogens is 4. The molecule has 1 aromatic carbocycles. The molecule has 0 spiro atoms. The molecule has 0 bridgehead atoms. The lowest BCUT2D eigenvalue weighted by Crippen LogP contribution is -2.45. The maximum Gasteiger partial charge on any atom is 0.250 e. The Morgan fingerprint density at radius 1 is 1.21 bits per heavy atom. The zero-order valence-corrected chi connectivity index (χ0v) is 10.8. The Morgan fingerprint density at radius 3 is 2.84 bits per heavy atom. The van der Waals surface area contributed by atoms with Crippen LogP contribution in [-0.2, 0) is 0 Å². The number of piperidine rings is 1. The minimum atomic E-state index is 0.335. The van der Waals surface area contributed by atoms with E-state index in [2.05, 4.69) is 20.4 Å². The van der Waals surface area contributed by atoms with E-state index in [9.17, 15) is 0 Å². The third-order valence-corrected chi connectivity index (χ3v) is 3.61. The van der Waals surface area contributed by atoms with Gasteiger partial charge in [0.1, 0.15) is 0 Å². The molecule has 0 radical (unpaired) electrons. The molecule has 0 aliphatic carbocycles. The molecule has 19 heavy (non-hydrogen) atoms. The number of benzene rings is 1. The number of anilines is 1. The first-order valence-corrected chi connectivity index (χ1v) is 6.70. The van der Waals surface area contributed by atoms with Gasteiger partial charge < -0.3 is 10.6 Å². The normalized spacial score (nSPS) is 19.6. The molecule has 0 amide bonds. The van der Waals surface area contributed by atoms with Gasteiger partial charge in [0.15, 0.2) is 0 Å². The molecular weight excluding hydrogens is 240 g/mol. The van der Waals surface area contributed by atoms with Gasteiger partial charge in [-0.2, -0.15) is 4.68 Å². The first-order chi connectivity index (χ1) is 9.40. The average Bonchev–Trinajstić information content (AvgIpc) is 2.97. The average molecular weight is 258 g/mol. The van der Waals surface area contributed by atoms with Crippen molar-refractivity contribution in [2.24, 2.45) is 5.73 Å². The van der Waals surface area contributed by atoms with Gasteiger partial charge in [-0.05, 0) is 41.8 Å². The largest absolute Gasteiger partial charge is 0.335 e. The SMILES string of the molecule is NCC1CCCCN1c1nnnn1-c1ccccc1. The predicted octanol–water partition coefficient (Wildman–Crippen LogP) is 0.980. The van der Waals surface area contributed by atoms with Crippen molar-refractivity contribution in [2.75, 3.05) is 18.0 Å². The molecule has 1 aromatic heterocycles. The molecule has 2 heterocycles. The van der Waals surface area contributed by atoms with Crippen LogP contribution in [0.2, 0.25) is 0 Å². The van der Waals surface area contributed by atoms with Crippen LogP contribution in [0, 0.1) is 0 Å². The predicted molar refractivity (Wildman–Crippen MR) is 73.2 cm³/mol. The van der Waals surface area contributed by atoms with Crippen LogP contribution >= 0.6 is 0 Å².